The topological polar surface area (TPSA) is 58.2 Å². The van der Waals surface area contributed by atoms with Crippen molar-refractivity contribution >= 4 is 29.1 Å². The van der Waals surface area contributed by atoms with Gasteiger partial charge in [-0.2, -0.15) is 0 Å². The summed E-state index contributed by atoms with van der Waals surface area (Å²) in [6.07, 6.45) is 0. The summed E-state index contributed by atoms with van der Waals surface area (Å²) in [5.41, 5.74) is 0.344. The van der Waals surface area contributed by atoms with Gasteiger partial charge in [-0.25, -0.2) is 8.78 Å². The molecule has 1 atom stereocenters. The Balaban J connectivity index is 2.14. The fraction of sp³-hybridized carbons (Fsp3) is 0.222. The lowest BCUT2D eigenvalue weighted by molar-refractivity contribution is -0.118. The second-order valence-electron chi connectivity index (χ2n) is 5.79. The van der Waals surface area contributed by atoms with Crippen molar-refractivity contribution < 1.29 is 18.4 Å². The molecule has 0 aromatic heterocycles. The molecule has 0 radical (unpaired) electrons. The molecular weight excluding hydrogens is 350 g/mol. The monoisotopic (exact) mass is 366 g/mol. The Morgan fingerprint density at radius 2 is 1.72 bits per heavy atom. The van der Waals surface area contributed by atoms with Crippen molar-refractivity contribution in [2.45, 2.75) is 19.9 Å². The van der Waals surface area contributed by atoms with Crippen LogP contribution in [0.4, 0.5) is 14.5 Å². The molecule has 0 fully saturated rings. The van der Waals surface area contributed by atoms with E-state index in [-0.39, 0.29) is 22.2 Å². The highest BCUT2D eigenvalue weighted by atomic mass is 35.5. The van der Waals surface area contributed by atoms with Gasteiger partial charge < -0.3 is 10.6 Å². The molecule has 0 aliphatic carbocycles. The van der Waals surface area contributed by atoms with Crippen LogP contribution in [-0.4, -0.2) is 17.9 Å². The average molecular weight is 367 g/mol. The lowest BCUT2D eigenvalue weighted by atomic mass is 10.0. The zero-order valence-electron chi connectivity index (χ0n) is 13.6. The summed E-state index contributed by atoms with van der Waals surface area (Å²) in [5, 5.41) is 5.35. The molecular formula is C18H17ClF2N2O2. The first-order valence-electron chi connectivity index (χ1n) is 7.61. The van der Waals surface area contributed by atoms with Gasteiger partial charge >= 0.3 is 0 Å². The highest BCUT2D eigenvalue weighted by molar-refractivity contribution is 6.33. The van der Waals surface area contributed by atoms with Gasteiger partial charge in [-0.3, -0.25) is 9.59 Å². The Kier molecular flexibility index (Phi) is 6.09. The number of hydrogen-bond donors (Lipinski definition) is 2. The molecule has 132 valence electrons. The van der Waals surface area contributed by atoms with Crippen LogP contribution in [0.3, 0.4) is 0 Å². The van der Waals surface area contributed by atoms with Crippen LogP contribution in [0.5, 0.6) is 0 Å². The molecule has 4 nitrogen and oxygen atoms in total. The molecule has 0 saturated carbocycles. The summed E-state index contributed by atoms with van der Waals surface area (Å²) in [6, 6.07) is 8.62. The number of halogens is 3. The number of benzene rings is 2. The van der Waals surface area contributed by atoms with Crippen molar-refractivity contribution in [3.05, 3.63) is 64.7 Å². The van der Waals surface area contributed by atoms with Crippen LogP contribution in [0, 0.1) is 17.6 Å². The molecule has 0 saturated heterocycles. The van der Waals surface area contributed by atoms with E-state index in [0.29, 0.717) is 0 Å². The van der Waals surface area contributed by atoms with E-state index in [9.17, 15) is 18.4 Å². The Morgan fingerprint density at radius 1 is 1.04 bits per heavy atom. The first-order valence-corrected chi connectivity index (χ1v) is 7.98. The molecule has 0 aliphatic heterocycles. The van der Waals surface area contributed by atoms with Gasteiger partial charge in [0, 0.05) is 11.8 Å². The second-order valence-corrected chi connectivity index (χ2v) is 6.20. The van der Waals surface area contributed by atoms with Gasteiger partial charge in [0.25, 0.3) is 5.91 Å². The van der Waals surface area contributed by atoms with E-state index in [4.69, 9.17) is 11.6 Å². The smallest absolute Gasteiger partial charge is 0.253 e. The number of rotatable bonds is 5. The summed E-state index contributed by atoms with van der Waals surface area (Å²) >= 11 is 5.99. The standard InChI is InChI=1S/C18H17ClF2N2O2/c1-10(2)16(23-17(24)12-5-3-4-6-13(12)19)18(25)22-11-7-8-14(20)15(21)9-11/h3-10,16H,1-2H3,(H,22,25)(H,23,24)/t16-/m1/s1. The molecule has 25 heavy (non-hydrogen) atoms. The van der Waals surface area contributed by atoms with E-state index in [1.54, 1.807) is 38.1 Å². The van der Waals surface area contributed by atoms with Crippen LogP contribution in [0.1, 0.15) is 24.2 Å². The maximum Gasteiger partial charge on any atom is 0.253 e. The number of hydrogen-bond acceptors (Lipinski definition) is 2. The molecule has 0 aliphatic rings. The van der Waals surface area contributed by atoms with Gasteiger partial charge in [-0.15, -0.1) is 0 Å². The predicted octanol–water partition coefficient (Wildman–Crippen LogP) is 4.01. The van der Waals surface area contributed by atoms with Crippen molar-refractivity contribution in [2.24, 2.45) is 5.92 Å². The molecule has 2 aromatic carbocycles. The van der Waals surface area contributed by atoms with Crippen molar-refractivity contribution in [1.82, 2.24) is 5.32 Å². The van der Waals surface area contributed by atoms with Crippen LogP contribution >= 0.6 is 11.6 Å². The van der Waals surface area contributed by atoms with E-state index in [0.717, 1.165) is 12.1 Å². The van der Waals surface area contributed by atoms with Crippen molar-refractivity contribution in [1.29, 1.82) is 0 Å². The first-order chi connectivity index (χ1) is 11.8. The summed E-state index contributed by atoms with van der Waals surface area (Å²) in [7, 11) is 0. The molecule has 7 heteroatoms. The predicted molar refractivity (Wildman–Crippen MR) is 92.5 cm³/mol. The highest BCUT2D eigenvalue weighted by Gasteiger charge is 2.25. The van der Waals surface area contributed by atoms with Crippen LogP contribution in [-0.2, 0) is 4.79 Å². The van der Waals surface area contributed by atoms with Crippen LogP contribution in [0.2, 0.25) is 5.02 Å². The maximum absolute atomic E-state index is 13.3. The second kappa shape index (κ2) is 8.07. The van der Waals surface area contributed by atoms with Gasteiger partial charge in [-0.05, 0) is 30.2 Å². The summed E-state index contributed by atoms with van der Waals surface area (Å²) in [4.78, 5) is 24.8. The zero-order chi connectivity index (χ0) is 18.6. The Morgan fingerprint density at radius 3 is 2.32 bits per heavy atom. The molecule has 2 N–H and O–H groups in total. The van der Waals surface area contributed by atoms with E-state index in [1.807, 2.05) is 0 Å². The van der Waals surface area contributed by atoms with Gasteiger partial charge in [-0.1, -0.05) is 37.6 Å². The van der Waals surface area contributed by atoms with Crippen molar-refractivity contribution in [2.75, 3.05) is 5.32 Å². The molecule has 2 rings (SSSR count). The maximum atomic E-state index is 13.3. The Labute approximate surface area is 149 Å². The van der Waals surface area contributed by atoms with E-state index >= 15 is 0 Å². The third-order valence-corrected chi connectivity index (χ3v) is 3.87. The molecule has 2 amide bonds. The van der Waals surface area contributed by atoms with Gasteiger partial charge in [0.05, 0.1) is 10.6 Å². The average Bonchev–Trinajstić information content (AvgIpc) is 2.55. The third-order valence-electron chi connectivity index (χ3n) is 3.54. The zero-order valence-corrected chi connectivity index (χ0v) is 14.4. The fourth-order valence-corrected chi connectivity index (χ4v) is 2.41. The third kappa shape index (κ3) is 4.76. The molecule has 0 unspecified atom stereocenters. The minimum atomic E-state index is -1.07. The lowest BCUT2D eigenvalue weighted by Crippen LogP contribution is -2.47. The number of anilines is 1. The SMILES string of the molecule is CC(C)[C@@H](NC(=O)c1ccccc1Cl)C(=O)Nc1ccc(F)c(F)c1. The van der Waals surface area contributed by atoms with Crippen LogP contribution < -0.4 is 10.6 Å². The molecule has 0 spiro atoms. The molecule has 0 heterocycles. The number of carbonyl (C=O) groups is 2. The van der Waals surface area contributed by atoms with Gasteiger partial charge in [0.15, 0.2) is 11.6 Å². The highest BCUT2D eigenvalue weighted by Crippen LogP contribution is 2.17. The Hall–Kier alpha value is -2.47. The lowest BCUT2D eigenvalue weighted by Gasteiger charge is -2.22. The largest absolute Gasteiger partial charge is 0.340 e. The summed E-state index contributed by atoms with van der Waals surface area (Å²) < 4.78 is 26.2. The number of carbonyl (C=O) groups excluding carboxylic acids is 2. The quantitative estimate of drug-likeness (QED) is 0.840. The Bertz CT molecular complexity index is 796. The van der Waals surface area contributed by atoms with Crippen LogP contribution in [0.15, 0.2) is 42.5 Å². The van der Waals surface area contributed by atoms with Gasteiger partial charge in [0.2, 0.25) is 5.91 Å². The van der Waals surface area contributed by atoms with E-state index < -0.39 is 29.5 Å². The number of nitrogens with one attached hydrogen (secondary N) is 2. The normalized spacial score (nSPS) is 11.9. The molecule has 2 aromatic rings. The summed E-state index contributed by atoms with van der Waals surface area (Å²) in [5.74, 6) is -3.35. The van der Waals surface area contributed by atoms with Gasteiger partial charge in [0.1, 0.15) is 6.04 Å². The van der Waals surface area contributed by atoms with Crippen LogP contribution in [0.25, 0.3) is 0 Å². The first kappa shape index (κ1) is 18.9. The minimum absolute atomic E-state index is 0.0987. The van der Waals surface area contributed by atoms with E-state index in [1.165, 1.54) is 6.07 Å². The minimum Gasteiger partial charge on any atom is -0.340 e. The fourth-order valence-electron chi connectivity index (χ4n) is 2.19. The van der Waals surface area contributed by atoms with E-state index in [2.05, 4.69) is 10.6 Å². The summed E-state index contributed by atoms with van der Waals surface area (Å²) in [6.45, 7) is 3.50. The molecule has 0 bridgehead atoms. The van der Waals surface area contributed by atoms with Crippen molar-refractivity contribution in [3.8, 4) is 0 Å². The number of amides is 2. The van der Waals surface area contributed by atoms with Crippen molar-refractivity contribution in [3.63, 3.8) is 0 Å².